The number of carbonyl (C=O) groups is 1. The zero-order valence-electron chi connectivity index (χ0n) is 11.2. The lowest BCUT2D eigenvalue weighted by atomic mass is 10.2. The summed E-state index contributed by atoms with van der Waals surface area (Å²) in [5.74, 6) is 0. The van der Waals surface area contributed by atoms with Gasteiger partial charge in [0, 0.05) is 4.47 Å². The number of amides is 1. The summed E-state index contributed by atoms with van der Waals surface area (Å²) in [5.41, 5.74) is 3.71. The first-order valence-electron chi connectivity index (χ1n) is 6.34. The third-order valence-corrected chi connectivity index (χ3v) is 5.00. The van der Waals surface area contributed by atoms with E-state index in [4.69, 9.17) is 16.3 Å². The standard InChI is InChI=1S/C15H10BrClN2O2S/c16-10-6-11(17)12(13-14(10)22-8-18-13)19-15(20)21-7-9-4-2-1-3-5-9/h1-6,8H,7H2,(H,19,20). The van der Waals surface area contributed by atoms with Crippen molar-refractivity contribution in [1.82, 2.24) is 4.98 Å². The fraction of sp³-hybridized carbons (Fsp3) is 0.0667. The van der Waals surface area contributed by atoms with Gasteiger partial charge in [0.25, 0.3) is 0 Å². The maximum absolute atomic E-state index is 12.0. The van der Waals surface area contributed by atoms with Gasteiger partial charge in [-0.15, -0.1) is 11.3 Å². The Morgan fingerprint density at radius 2 is 2.14 bits per heavy atom. The first-order chi connectivity index (χ1) is 10.6. The van der Waals surface area contributed by atoms with Gasteiger partial charge in [-0.1, -0.05) is 41.9 Å². The maximum Gasteiger partial charge on any atom is 0.412 e. The number of benzene rings is 2. The zero-order chi connectivity index (χ0) is 15.5. The van der Waals surface area contributed by atoms with Crippen molar-refractivity contribution in [1.29, 1.82) is 0 Å². The molecule has 0 bridgehead atoms. The van der Waals surface area contributed by atoms with Gasteiger partial charge in [-0.2, -0.15) is 0 Å². The molecule has 3 aromatic rings. The lowest BCUT2D eigenvalue weighted by Crippen LogP contribution is -2.14. The molecule has 1 amide bonds. The molecule has 7 heteroatoms. The molecule has 0 spiro atoms. The van der Waals surface area contributed by atoms with Crippen molar-refractivity contribution in [2.45, 2.75) is 6.61 Å². The van der Waals surface area contributed by atoms with E-state index in [1.54, 1.807) is 11.6 Å². The number of hydrogen-bond acceptors (Lipinski definition) is 4. The van der Waals surface area contributed by atoms with Crippen LogP contribution in [0.3, 0.4) is 0 Å². The molecule has 0 unspecified atom stereocenters. The number of nitrogens with zero attached hydrogens (tertiary/aromatic N) is 1. The molecule has 0 aliphatic carbocycles. The molecular formula is C15H10BrClN2O2S. The molecule has 0 aliphatic heterocycles. The minimum Gasteiger partial charge on any atom is -0.444 e. The van der Waals surface area contributed by atoms with E-state index in [2.05, 4.69) is 26.2 Å². The quantitative estimate of drug-likeness (QED) is 0.638. The molecule has 1 aromatic heterocycles. The molecule has 4 nitrogen and oxygen atoms in total. The van der Waals surface area contributed by atoms with Crippen LogP contribution in [0.25, 0.3) is 10.2 Å². The summed E-state index contributed by atoms with van der Waals surface area (Å²) < 4.78 is 6.96. The summed E-state index contributed by atoms with van der Waals surface area (Å²) >= 11 is 11.1. The van der Waals surface area contributed by atoms with Gasteiger partial charge in [0.2, 0.25) is 0 Å². The summed E-state index contributed by atoms with van der Waals surface area (Å²) in [6, 6.07) is 11.2. The van der Waals surface area contributed by atoms with Crippen LogP contribution in [0.4, 0.5) is 10.5 Å². The number of ether oxygens (including phenoxy) is 1. The second kappa shape index (κ2) is 6.64. The molecule has 0 saturated heterocycles. The smallest absolute Gasteiger partial charge is 0.412 e. The van der Waals surface area contributed by atoms with Crippen LogP contribution in [0, 0.1) is 0 Å². The summed E-state index contributed by atoms with van der Waals surface area (Å²) in [5, 5.41) is 3.07. The molecular weight excluding hydrogens is 388 g/mol. The van der Waals surface area contributed by atoms with Gasteiger partial charge in [-0.25, -0.2) is 9.78 Å². The lowest BCUT2D eigenvalue weighted by Gasteiger charge is -2.10. The highest BCUT2D eigenvalue weighted by molar-refractivity contribution is 9.10. The number of rotatable bonds is 3. The second-order valence-electron chi connectivity index (χ2n) is 4.43. The molecule has 1 heterocycles. The van der Waals surface area contributed by atoms with Crippen LogP contribution in [-0.4, -0.2) is 11.1 Å². The second-order valence-corrected chi connectivity index (χ2v) is 6.55. The fourth-order valence-electron chi connectivity index (χ4n) is 1.94. The molecule has 0 saturated carbocycles. The number of anilines is 1. The van der Waals surface area contributed by atoms with Crippen molar-refractivity contribution in [3.8, 4) is 0 Å². The summed E-state index contributed by atoms with van der Waals surface area (Å²) in [6.45, 7) is 0.195. The normalized spacial score (nSPS) is 10.6. The largest absolute Gasteiger partial charge is 0.444 e. The van der Waals surface area contributed by atoms with Crippen molar-refractivity contribution >= 4 is 60.9 Å². The Labute approximate surface area is 144 Å². The molecule has 22 heavy (non-hydrogen) atoms. The van der Waals surface area contributed by atoms with E-state index >= 15 is 0 Å². The summed E-state index contributed by atoms with van der Waals surface area (Å²) in [7, 11) is 0. The number of hydrogen-bond donors (Lipinski definition) is 1. The Hall–Kier alpha value is -1.63. The number of carbonyl (C=O) groups excluding carboxylic acids is 1. The number of halogens is 2. The minimum absolute atomic E-state index is 0.195. The number of nitrogens with one attached hydrogen (secondary N) is 1. The van der Waals surface area contributed by atoms with E-state index < -0.39 is 6.09 Å². The Kier molecular flexibility index (Phi) is 4.61. The molecule has 112 valence electrons. The topological polar surface area (TPSA) is 51.2 Å². The third-order valence-electron chi connectivity index (χ3n) is 2.95. The molecule has 0 atom stereocenters. The van der Waals surface area contributed by atoms with Crippen LogP contribution in [-0.2, 0) is 11.3 Å². The predicted octanol–water partition coefficient (Wildman–Crippen LogP) is 5.46. The van der Waals surface area contributed by atoms with Crippen molar-refractivity contribution in [3.63, 3.8) is 0 Å². The van der Waals surface area contributed by atoms with Crippen molar-refractivity contribution in [2.75, 3.05) is 5.32 Å². The van der Waals surface area contributed by atoms with Crippen LogP contribution in [0.15, 0.2) is 46.4 Å². The van der Waals surface area contributed by atoms with E-state index in [1.165, 1.54) is 11.3 Å². The molecule has 0 radical (unpaired) electrons. The van der Waals surface area contributed by atoms with Crippen LogP contribution < -0.4 is 5.32 Å². The van der Waals surface area contributed by atoms with E-state index in [1.807, 2.05) is 30.3 Å². The van der Waals surface area contributed by atoms with Crippen molar-refractivity contribution < 1.29 is 9.53 Å². The van der Waals surface area contributed by atoms with Gasteiger partial charge in [0.15, 0.2) is 0 Å². The van der Waals surface area contributed by atoms with E-state index in [0.717, 1.165) is 14.7 Å². The minimum atomic E-state index is -0.567. The SMILES string of the molecule is O=C(Nc1c(Cl)cc(Br)c2scnc12)OCc1ccccc1. The van der Waals surface area contributed by atoms with Gasteiger partial charge in [-0.3, -0.25) is 5.32 Å². The van der Waals surface area contributed by atoms with Gasteiger partial charge in [0.05, 0.1) is 20.9 Å². The van der Waals surface area contributed by atoms with E-state index in [-0.39, 0.29) is 6.61 Å². The fourth-order valence-corrected chi connectivity index (χ4v) is 3.71. The van der Waals surface area contributed by atoms with Gasteiger partial charge in [0.1, 0.15) is 12.1 Å². The van der Waals surface area contributed by atoms with Gasteiger partial charge >= 0.3 is 6.09 Å². The van der Waals surface area contributed by atoms with Crippen LogP contribution >= 0.6 is 38.9 Å². The maximum atomic E-state index is 12.0. The average molecular weight is 398 g/mol. The highest BCUT2D eigenvalue weighted by Crippen LogP contribution is 2.37. The average Bonchev–Trinajstić information content (AvgIpc) is 3.00. The van der Waals surface area contributed by atoms with Crippen molar-refractivity contribution in [3.05, 3.63) is 57.0 Å². The number of thiazole rings is 1. The third kappa shape index (κ3) is 3.24. The van der Waals surface area contributed by atoms with Crippen LogP contribution in [0.2, 0.25) is 5.02 Å². The van der Waals surface area contributed by atoms with Gasteiger partial charge in [-0.05, 0) is 27.6 Å². The first kappa shape index (κ1) is 15.3. The summed E-state index contributed by atoms with van der Waals surface area (Å²) in [4.78, 5) is 16.2. The Bertz CT molecular complexity index is 823. The Morgan fingerprint density at radius 1 is 1.36 bits per heavy atom. The number of fused-ring (bicyclic) bond motifs is 1. The van der Waals surface area contributed by atoms with Crippen LogP contribution in [0.5, 0.6) is 0 Å². The first-order valence-corrected chi connectivity index (χ1v) is 8.39. The monoisotopic (exact) mass is 396 g/mol. The van der Waals surface area contributed by atoms with E-state index in [0.29, 0.717) is 16.2 Å². The molecule has 2 aromatic carbocycles. The molecule has 0 aliphatic rings. The lowest BCUT2D eigenvalue weighted by molar-refractivity contribution is 0.155. The summed E-state index contributed by atoms with van der Waals surface area (Å²) in [6.07, 6.45) is -0.567. The number of aromatic nitrogens is 1. The predicted molar refractivity (Wildman–Crippen MR) is 92.6 cm³/mol. The molecule has 1 N–H and O–H groups in total. The van der Waals surface area contributed by atoms with E-state index in [9.17, 15) is 4.79 Å². The van der Waals surface area contributed by atoms with Crippen LogP contribution in [0.1, 0.15) is 5.56 Å². The zero-order valence-corrected chi connectivity index (χ0v) is 14.3. The highest BCUT2D eigenvalue weighted by Gasteiger charge is 2.15. The Balaban J connectivity index is 1.76. The molecule has 0 fully saturated rings. The highest BCUT2D eigenvalue weighted by atomic mass is 79.9. The van der Waals surface area contributed by atoms with Gasteiger partial charge < -0.3 is 4.74 Å². The van der Waals surface area contributed by atoms with Crippen molar-refractivity contribution in [2.24, 2.45) is 0 Å². The Morgan fingerprint density at radius 3 is 2.91 bits per heavy atom. The molecule has 3 rings (SSSR count).